The summed E-state index contributed by atoms with van der Waals surface area (Å²) in [6.07, 6.45) is 0.403. The van der Waals surface area contributed by atoms with Crippen molar-refractivity contribution in [2.75, 3.05) is 14.1 Å². The first kappa shape index (κ1) is 13.3. The largest absolute Gasteiger partial charge is 0.349 e. The van der Waals surface area contributed by atoms with Crippen molar-refractivity contribution in [2.45, 2.75) is 25.8 Å². The second-order valence-corrected chi connectivity index (χ2v) is 3.45. The first-order valence-corrected chi connectivity index (χ1v) is 3.32. The van der Waals surface area contributed by atoms with Crippen LogP contribution in [0.1, 0.15) is 20.3 Å². The Morgan fingerprint density at radius 2 is 1.82 bits per heavy atom. The molecule has 3 nitrogen and oxygen atoms in total. The summed E-state index contributed by atoms with van der Waals surface area (Å²) in [7, 11) is 3.46. The van der Waals surface area contributed by atoms with Crippen molar-refractivity contribution in [1.29, 1.82) is 0 Å². The molecule has 1 amide bonds. The van der Waals surface area contributed by atoms with Crippen molar-refractivity contribution in [3.63, 3.8) is 0 Å². The molecule has 68 valence electrons. The molecule has 0 atom stereocenters. The molecule has 0 saturated heterocycles. The van der Waals surface area contributed by atoms with Crippen LogP contribution in [0.2, 0.25) is 0 Å². The fourth-order valence-electron chi connectivity index (χ4n) is 0.548. The van der Waals surface area contributed by atoms with Crippen LogP contribution in [0.15, 0.2) is 0 Å². The summed E-state index contributed by atoms with van der Waals surface area (Å²) in [6.45, 7) is 3.68. The number of halogens is 1. The number of hydrogen-bond acceptors (Lipinski definition) is 2. The minimum absolute atomic E-state index is 0. The molecule has 0 saturated carbocycles. The topological polar surface area (TPSA) is 46.3 Å². The van der Waals surface area contributed by atoms with E-state index in [2.05, 4.69) is 0 Å². The van der Waals surface area contributed by atoms with Gasteiger partial charge in [-0.25, -0.2) is 0 Å². The highest BCUT2D eigenvalue weighted by Crippen LogP contribution is 2.04. The van der Waals surface area contributed by atoms with Crippen LogP contribution in [-0.2, 0) is 4.79 Å². The number of hydrogen-bond donors (Lipinski definition) is 1. The lowest BCUT2D eigenvalue weighted by Gasteiger charge is -2.20. The standard InChI is InChI=1S/C7H16N2O.ClH/c1-7(2,8)5-6(10)9(3)4;/h5,8H2,1-4H3;1H. The van der Waals surface area contributed by atoms with Gasteiger partial charge in [-0.15, -0.1) is 12.4 Å². The summed E-state index contributed by atoms with van der Waals surface area (Å²) in [5.74, 6) is 0.0764. The van der Waals surface area contributed by atoms with Crippen molar-refractivity contribution in [3.8, 4) is 0 Å². The third kappa shape index (κ3) is 7.62. The van der Waals surface area contributed by atoms with Crippen molar-refractivity contribution in [2.24, 2.45) is 5.73 Å². The van der Waals surface area contributed by atoms with Crippen LogP contribution in [0.25, 0.3) is 0 Å². The molecular formula is C7H17ClN2O. The number of amides is 1. The lowest BCUT2D eigenvalue weighted by Crippen LogP contribution is -2.38. The van der Waals surface area contributed by atoms with Gasteiger partial charge >= 0.3 is 0 Å². The maximum absolute atomic E-state index is 11.0. The van der Waals surface area contributed by atoms with Crippen molar-refractivity contribution in [3.05, 3.63) is 0 Å². The molecule has 0 bridgehead atoms. The Bertz CT molecular complexity index is 129. The van der Waals surface area contributed by atoms with Gasteiger partial charge < -0.3 is 10.6 Å². The summed E-state index contributed by atoms with van der Waals surface area (Å²) in [5.41, 5.74) is 5.24. The molecule has 0 aromatic heterocycles. The van der Waals surface area contributed by atoms with Gasteiger partial charge in [0.1, 0.15) is 0 Å². The van der Waals surface area contributed by atoms with Gasteiger partial charge in [0.2, 0.25) is 5.91 Å². The zero-order valence-corrected chi connectivity index (χ0v) is 8.36. The van der Waals surface area contributed by atoms with E-state index < -0.39 is 0 Å². The third-order valence-electron chi connectivity index (χ3n) is 1.11. The van der Waals surface area contributed by atoms with Crippen LogP contribution in [-0.4, -0.2) is 30.4 Å². The summed E-state index contributed by atoms with van der Waals surface area (Å²) in [6, 6.07) is 0. The molecule has 0 fully saturated rings. The highest BCUT2D eigenvalue weighted by Gasteiger charge is 2.16. The van der Waals surface area contributed by atoms with Gasteiger partial charge in [-0.2, -0.15) is 0 Å². The first-order valence-electron chi connectivity index (χ1n) is 3.32. The van der Waals surface area contributed by atoms with Crippen LogP contribution in [0.5, 0.6) is 0 Å². The average molecular weight is 181 g/mol. The number of carbonyl (C=O) groups is 1. The summed E-state index contributed by atoms with van der Waals surface area (Å²) in [4.78, 5) is 12.6. The van der Waals surface area contributed by atoms with Crippen LogP contribution in [0.3, 0.4) is 0 Å². The molecule has 0 aliphatic heterocycles. The van der Waals surface area contributed by atoms with Crippen LogP contribution in [0.4, 0.5) is 0 Å². The van der Waals surface area contributed by atoms with E-state index in [1.807, 2.05) is 13.8 Å². The molecule has 0 unspecified atom stereocenters. The average Bonchev–Trinajstić information content (AvgIpc) is 1.60. The highest BCUT2D eigenvalue weighted by atomic mass is 35.5. The molecule has 0 spiro atoms. The molecule has 0 radical (unpaired) electrons. The van der Waals surface area contributed by atoms with Crippen LogP contribution >= 0.6 is 12.4 Å². The third-order valence-corrected chi connectivity index (χ3v) is 1.11. The minimum atomic E-state index is -0.388. The van der Waals surface area contributed by atoms with Crippen molar-refractivity contribution >= 4 is 18.3 Å². The van der Waals surface area contributed by atoms with Crippen molar-refractivity contribution < 1.29 is 4.79 Å². The lowest BCUT2D eigenvalue weighted by molar-refractivity contribution is -0.129. The molecule has 0 rings (SSSR count). The quantitative estimate of drug-likeness (QED) is 0.678. The minimum Gasteiger partial charge on any atom is -0.349 e. The SMILES string of the molecule is CN(C)C(=O)CC(C)(C)N.Cl. The van der Waals surface area contributed by atoms with Crippen LogP contribution in [0, 0.1) is 0 Å². The number of nitrogens with zero attached hydrogens (tertiary/aromatic N) is 1. The monoisotopic (exact) mass is 180 g/mol. The van der Waals surface area contributed by atoms with E-state index in [4.69, 9.17) is 5.73 Å². The van der Waals surface area contributed by atoms with Crippen molar-refractivity contribution in [1.82, 2.24) is 4.90 Å². The van der Waals surface area contributed by atoms with Gasteiger partial charge in [0.25, 0.3) is 0 Å². The van der Waals surface area contributed by atoms with E-state index in [1.54, 1.807) is 19.0 Å². The molecule has 11 heavy (non-hydrogen) atoms. The number of carbonyl (C=O) groups excluding carboxylic acids is 1. The molecule has 0 aromatic rings. The molecular weight excluding hydrogens is 164 g/mol. The van der Waals surface area contributed by atoms with Gasteiger partial charge in [0.05, 0.1) is 0 Å². The fourth-order valence-corrected chi connectivity index (χ4v) is 0.548. The zero-order valence-electron chi connectivity index (χ0n) is 7.55. The molecule has 0 aromatic carbocycles. The van der Waals surface area contributed by atoms with Gasteiger partial charge in [0, 0.05) is 26.1 Å². The van der Waals surface area contributed by atoms with E-state index in [9.17, 15) is 4.79 Å². The lowest BCUT2D eigenvalue weighted by atomic mass is 10.0. The van der Waals surface area contributed by atoms with E-state index in [-0.39, 0.29) is 23.9 Å². The second-order valence-electron chi connectivity index (χ2n) is 3.45. The molecule has 2 N–H and O–H groups in total. The highest BCUT2D eigenvalue weighted by molar-refractivity contribution is 5.85. The Morgan fingerprint density at radius 3 is 1.91 bits per heavy atom. The molecule has 0 heterocycles. The zero-order chi connectivity index (χ0) is 8.36. The van der Waals surface area contributed by atoms with E-state index in [1.165, 1.54) is 0 Å². The molecule has 0 aliphatic rings. The summed E-state index contributed by atoms with van der Waals surface area (Å²) in [5, 5.41) is 0. The van der Waals surface area contributed by atoms with E-state index in [0.717, 1.165) is 0 Å². The predicted molar refractivity (Wildman–Crippen MR) is 48.8 cm³/mol. The molecule has 0 aliphatic carbocycles. The number of nitrogens with two attached hydrogens (primary N) is 1. The second kappa shape index (κ2) is 4.57. The first-order chi connectivity index (χ1) is 4.33. The van der Waals surface area contributed by atoms with Gasteiger partial charge in [-0.05, 0) is 13.8 Å². The maximum atomic E-state index is 11.0. The van der Waals surface area contributed by atoms with Gasteiger partial charge in [0.15, 0.2) is 0 Å². The van der Waals surface area contributed by atoms with Gasteiger partial charge in [-0.3, -0.25) is 4.79 Å². The Hall–Kier alpha value is -0.280. The summed E-state index contributed by atoms with van der Waals surface area (Å²) < 4.78 is 0. The van der Waals surface area contributed by atoms with Gasteiger partial charge in [-0.1, -0.05) is 0 Å². The van der Waals surface area contributed by atoms with Crippen LogP contribution < -0.4 is 5.73 Å². The molecule has 4 heteroatoms. The Balaban J connectivity index is 0. The maximum Gasteiger partial charge on any atom is 0.223 e. The Morgan fingerprint density at radius 1 is 1.45 bits per heavy atom. The Labute approximate surface area is 74.3 Å². The fraction of sp³-hybridized carbons (Fsp3) is 0.857. The van der Waals surface area contributed by atoms with E-state index >= 15 is 0 Å². The van der Waals surface area contributed by atoms with E-state index in [0.29, 0.717) is 6.42 Å². The normalized spacial score (nSPS) is 10.3. The number of rotatable bonds is 2. The predicted octanol–water partition coefficient (Wildman–Crippen LogP) is 0.624. The summed E-state index contributed by atoms with van der Waals surface area (Å²) >= 11 is 0. The Kier molecular flexibility index (Phi) is 5.53. The smallest absolute Gasteiger partial charge is 0.223 e.